The monoisotopic (exact) mass is 162 g/mol. The second-order valence-corrected chi connectivity index (χ2v) is 4.12. The van der Waals surface area contributed by atoms with E-state index in [4.69, 9.17) is 4.55 Å². The van der Waals surface area contributed by atoms with Crippen LogP contribution >= 0.6 is 0 Å². The van der Waals surface area contributed by atoms with E-state index in [9.17, 15) is 8.42 Å². The topological polar surface area (TPSA) is 54.4 Å². The minimum atomic E-state index is -3.78. The van der Waals surface area contributed by atoms with E-state index in [1.54, 1.807) is 6.08 Å². The molecule has 0 bridgehead atoms. The number of hydrogen-bond donors (Lipinski definition) is 1. The Kier molecular flexibility index (Phi) is 2.11. The molecule has 0 radical (unpaired) electrons. The maximum Gasteiger partial charge on any atom is 0.268 e. The molecule has 58 valence electrons. The van der Waals surface area contributed by atoms with Gasteiger partial charge in [-0.1, -0.05) is 12.2 Å². The summed E-state index contributed by atoms with van der Waals surface area (Å²) in [5.41, 5.74) is 0. The van der Waals surface area contributed by atoms with Crippen molar-refractivity contribution in [2.45, 2.75) is 24.5 Å². The van der Waals surface area contributed by atoms with Gasteiger partial charge in [0.15, 0.2) is 0 Å². The van der Waals surface area contributed by atoms with Crippen LogP contribution in [0.1, 0.15) is 19.3 Å². The van der Waals surface area contributed by atoms with Crippen LogP contribution in [0, 0.1) is 0 Å². The molecule has 0 aromatic heterocycles. The molecule has 0 aromatic carbocycles. The summed E-state index contributed by atoms with van der Waals surface area (Å²) in [6, 6.07) is 0. The molecule has 1 rings (SSSR count). The average Bonchev–Trinajstić information content (AvgIpc) is 1.88. The van der Waals surface area contributed by atoms with Crippen LogP contribution in [-0.2, 0) is 10.1 Å². The molecule has 0 saturated carbocycles. The number of rotatable bonds is 1. The Bertz CT molecular complexity index is 227. The van der Waals surface area contributed by atoms with Gasteiger partial charge in [0.05, 0.1) is 5.25 Å². The van der Waals surface area contributed by atoms with E-state index in [1.807, 2.05) is 6.08 Å². The number of allylic oxidation sites excluding steroid dienone is 2. The van der Waals surface area contributed by atoms with E-state index in [1.165, 1.54) is 0 Å². The lowest BCUT2D eigenvalue weighted by Crippen LogP contribution is -2.20. The van der Waals surface area contributed by atoms with Gasteiger partial charge in [-0.25, -0.2) is 0 Å². The SMILES string of the molecule is O=S(=O)(O)C1CC=CCC1. The zero-order chi connectivity index (χ0) is 7.61. The lowest BCUT2D eigenvalue weighted by molar-refractivity contribution is 0.460. The van der Waals surface area contributed by atoms with Crippen molar-refractivity contribution in [2.75, 3.05) is 0 Å². The van der Waals surface area contributed by atoms with Gasteiger partial charge in [-0.05, 0) is 19.3 Å². The summed E-state index contributed by atoms with van der Waals surface area (Å²) in [4.78, 5) is 0. The molecule has 0 heterocycles. The lowest BCUT2D eigenvalue weighted by Gasteiger charge is -2.13. The summed E-state index contributed by atoms with van der Waals surface area (Å²) in [6.07, 6.45) is 5.49. The van der Waals surface area contributed by atoms with Crippen LogP contribution in [0.3, 0.4) is 0 Å². The predicted octanol–water partition coefficient (Wildman–Crippen LogP) is 0.983. The van der Waals surface area contributed by atoms with Crippen LogP contribution in [0.15, 0.2) is 12.2 Å². The van der Waals surface area contributed by atoms with Gasteiger partial charge in [-0.15, -0.1) is 0 Å². The summed E-state index contributed by atoms with van der Waals surface area (Å²) in [5, 5.41) is -0.558. The molecule has 0 fully saturated rings. The van der Waals surface area contributed by atoms with Crippen molar-refractivity contribution in [3.63, 3.8) is 0 Å². The highest BCUT2D eigenvalue weighted by molar-refractivity contribution is 7.86. The Morgan fingerprint density at radius 2 is 2.10 bits per heavy atom. The molecule has 1 unspecified atom stereocenters. The highest BCUT2D eigenvalue weighted by atomic mass is 32.2. The molecule has 0 aromatic rings. The highest BCUT2D eigenvalue weighted by Crippen LogP contribution is 2.16. The van der Waals surface area contributed by atoms with Gasteiger partial charge < -0.3 is 0 Å². The van der Waals surface area contributed by atoms with E-state index in [0.717, 1.165) is 6.42 Å². The molecule has 10 heavy (non-hydrogen) atoms. The Hall–Kier alpha value is -0.350. The van der Waals surface area contributed by atoms with Gasteiger partial charge in [0.2, 0.25) is 0 Å². The van der Waals surface area contributed by atoms with Gasteiger partial charge >= 0.3 is 0 Å². The molecular formula is C6H10O3S. The molecule has 0 aliphatic heterocycles. The normalized spacial score (nSPS) is 26.7. The fourth-order valence-electron chi connectivity index (χ4n) is 1.04. The van der Waals surface area contributed by atoms with E-state index in [2.05, 4.69) is 0 Å². The number of hydrogen-bond acceptors (Lipinski definition) is 2. The van der Waals surface area contributed by atoms with Crippen LogP contribution in [0.2, 0.25) is 0 Å². The van der Waals surface area contributed by atoms with Crippen molar-refractivity contribution >= 4 is 10.1 Å². The van der Waals surface area contributed by atoms with Crippen molar-refractivity contribution in [3.8, 4) is 0 Å². The van der Waals surface area contributed by atoms with Gasteiger partial charge in [-0.3, -0.25) is 4.55 Å². The van der Waals surface area contributed by atoms with Crippen molar-refractivity contribution in [3.05, 3.63) is 12.2 Å². The van der Waals surface area contributed by atoms with Crippen molar-refractivity contribution < 1.29 is 13.0 Å². The van der Waals surface area contributed by atoms with Crippen molar-refractivity contribution in [1.82, 2.24) is 0 Å². The largest absolute Gasteiger partial charge is 0.285 e. The fraction of sp³-hybridized carbons (Fsp3) is 0.667. The van der Waals surface area contributed by atoms with Crippen LogP contribution in [-0.4, -0.2) is 18.2 Å². The maximum atomic E-state index is 10.5. The van der Waals surface area contributed by atoms with E-state index in [0.29, 0.717) is 12.8 Å². The van der Waals surface area contributed by atoms with E-state index >= 15 is 0 Å². The van der Waals surface area contributed by atoms with Crippen molar-refractivity contribution in [2.24, 2.45) is 0 Å². The summed E-state index contributed by atoms with van der Waals surface area (Å²) < 4.78 is 29.6. The Labute approximate surface area is 60.5 Å². The molecule has 3 nitrogen and oxygen atoms in total. The summed E-state index contributed by atoms with van der Waals surface area (Å²) in [6.45, 7) is 0. The quantitative estimate of drug-likeness (QED) is 0.462. The molecule has 0 amide bonds. The van der Waals surface area contributed by atoms with Crippen LogP contribution in [0.5, 0.6) is 0 Å². The van der Waals surface area contributed by atoms with Crippen LogP contribution in [0.25, 0.3) is 0 Å². The first kappa shape index (κ1) is 7.75. The minimum Gasteiger partial charge on any atom is -0.285 e. The second kappa shape index (κ2) is 2.72. The minimum absolute atomic E-state index is 0.457. The first-order valence-corrected chi connectivity index (χ1v) is 4.72. The smallest absolute Gasteiger partial charge is 0.268 e. The summed E-state index contributed by atoms with van der Waals surface area (Å²) in [5.74, 6) is 0. The van der Waals surface area contributed by atoms with E-state index in [-0.39, 0.29) is 0 Å². The Morgan fingerprint density at radius 3 is 2.40 bits per heavy atom. The van der Waals surface area contributed by atoms with Gasteiger partial charge in [-0.2, -0.15) is 8.42 Å². The third kappa shape index (κ3) is 1.82. The first-order chi connectivity index (χ1) is 4.61. The lowest BCUT2D eigenvalue weighted by atomic mass is 10.1. The summed E-state index contributed by atoms with van der Waals surface area (Å²) in [7, 11) is -3.78. The standard InChI is InChI=1S/C6H10O3S/c7-10(8,9)6-4-2-1-3-5-6/h1-2,6H,3-5H2,(H,7,8,9). The molecular weight excluding hydrogens is 152 g/mol. The fourth-order valence-corrected chi connectivity index (χ4v) is 1.82. The van der Waals surface area contributed by atoms with E-state index < -0.39 is 15.4 Å². The summed E-state index contributed by atoms with van der Waals surface area (Å²) >= 11 is 0. The van der Waals surface area contributed by atoms with Crippen LogP contribution < -0.4 is 0 Å². The second-order valence-electron chi connectivity index (χ2n) is 2.42. The third-order valence-electron chi connectivity index (χ3n) is 1.64. The molecule has 4 heteroatoms. The molecule has 1 aliphatic carbocycles. The molecule has 0 spiro atoms. The molecule has 1 aliphatic rings. The van der Waals surface area contributed by atoms with Gasteiger partial charge in [0, 0.05) is 0 Å². The average molecular weight is 162 g/mol. The zero-order valence-electron chi connectivity index (χ0n) is 5.53. The maximum absolute atomic E-state index is 10.5. The zero-order valence-corrected chi connectivity index (χ0v) is 6.34. The predicted molar refractivity (Wildman–Crippen MR) is 38.3 cm³/mol. The highest BCUT2D eigenvalue weighted by Gasteiger charge is 2.22. The van der Waals surface area contributed by atoms with Crippen LogP contribution in [0.4, 0.5) is 0 Å². The van der Waals surface area contributed by atoms with Gasteiger partial charge in [0.1, 0.15) is 0 Å². The Balaban J connectivity index is 2.67. The third-order valence-corrected chi connectivity index (χ3v) is 2.91. The molecule has 1 atom stereocenters. The first-order valence-electron chi connectivity index (χ1n) is 3.22. The Morgan fingerprint density at radius 1 is 1.40 bits per heavy atom. The molecule has 1 N–H and O–H groups in total. The van der Waals surface area contributed by atoms with Crippen molar-refractivity contribution in [1.29, 1.82) is 0 Å². The molecule has 0 saturated heterocycles. The van der Waals surface area contributed by atoms with Gasteiger partial charge in [0.25, 0.3) is 10.1 Å².